The molecule has 0 amide bonds. The molecule has 0 heterocycles. The number of hydrogen-bond acceptors (Lipinski definition) is 3. The molecule has 0 aliphatic heterocycles. The predicted molar refractivity (Wildman–Crippen MR) is 118 cm³/mol. The minimum Gasteiger partial charge on any atom is -0.382 e. The van der Waals surface area contributed by atoms with Gasteiger partial charge in [-0.15, -0.1) is 11.8 Å². The van der Waals surface area contributed by atoms with Crippen molar-refractivity contribution in [2.45, 2.75) is 81.3 Å². The first-order valence-electron chi connectivity index (χ1n) is 11.0. The van der Waals surface area contributed by atoms with Crippen LogP contribution in [0.2, 0.25) is 0 Å². The molecule has 1 aromatic carbocycles. The highest BCUT2D eigenvalue weighted by molar-refractivity contribution is 7.98. The van der Waals surface area contributed by atoms with Crippen molar-refractivity contribution in [3.8, 4) is 0 Å². The molecular weight excluding hydrogens is 393 g/mol. The van der Waals surface area contributed by atoms with E-state index in [-0.39, 0.29) is 0 Å². The summed E-state index contributed by atoms with van der Waals surface area (Å²) in [5, 5.41) is 2.19. The van der Waals surface area contributed by atoms with Gasteiger partial charge in [0.25, 0.3) is 0 Å². The van der Waals surface area contributed by atoms with Crippen LogP contribution in [0.15, 0.2) is 24.3 Å². The molecular formula is C23H35F3N2S. The van der Waals surface area contributed by atoms with Gasteiger partial charge >= 0.3 is 6.18 Å². The Bertz CT molecular complexity index is 614. The summed E-state index contributed by atoms with van der Waals surface area (Å²) < 4.78 is 39.5. The molecule has 3 unspecified atom stereocenters. The van der Waals surface area contributed by atoms with E-state index in [1.54, 1.807) is 12.1 Å². The number of thioether (sulfide) groups is 1. The van der Waals surface area contributed by atoms with Gasteiger partial charge in [0.15, 0.2) is 0 Å². The topological polar surface area (TPSA) is 15.3 Å². The lowest BCUT2D eigenvalue weighted by Crippen LogP contribution is -2.43. The lowest BCUT2D eigenvalue weighted by Gasteiger charge is -2.39. The maximum atomic E-state index is 13.2. The standard InChI is InChI=1S/C23H35F3N2S/c1-28(20-9-4-3-5-10-20)16-18-8-6-7-11-21(18)27-19-14-12-17(13-15-19)22(29-2)23(24,25)26/h12-15,18,20-22,27H,3-11,16H2,1-2H3. The van der Waals surface area contributed by atoms with Gasteiger partial charge in [-0.1, -0.05) is 44.2 Å². The van der Waals surface area contributed by atoms with Crippen LogP contribution in [0.3, 0.4) is 0 Å². The van der Waals surface area contributed by atoms with Gasteiger partial charge in [0.1, 0.15) is 5.25 Å². The third kappa shape index (κ3) is 6.30. The normalized spacial score (nSPS) is 25.2. The summed E-state index contributed by atoms with van der Waals surface area (Å²) >= 11 is 0.841. The Hall–Kier alpha value is -0.880. The number of anilines is 1. The molecule has 3 rings (SSSR count). The Morgan fingerprint density at radius 1 is 1.00 bits per heavy atom. The molecule has 0 saturated heterocycles. The van der Waals surface area contributed by atoms with Gasteiger partial charge < -0.3 is 10.2 Å². The van der Waals surface area contributed by atoms with Crippen molar-refractivity contribution in [3.05, 3.63) is 29.8 Å². The van der Waals surface area contributed by atoms with Gasteiger partial charge in [0.05, 0.1) is 0 Å². The molecule has 3 atom stereocenters. The van der Waals surface area contributed by atoms with Crippen LogP contribution in [0.25, 0.3) is 0 Å². The third-order valence-electron chi connectivity index (χ3n) is 6.73. The molecule has 2 aliphatic carbocycles. The fourth-order valence-electron chi connectivity index (χ4n) is 5.08. The van der Waals surface area contributed by atoms with Crippen molar-refractivity contribution in [3.63, 3.8) is 0 Å². The summed E-state index contributed by atoms with van der Waals surface area (Å²) in [7, 11) is 2.27. The Balaban J connectivity index is 1.61. The van der Waals surface area contributed by atoms with E-state index in [0.29, 0.717) is 17.5 Å². The van der Waals surface area contributed by atoms with Crippen molar-refractivity contribution >= 4 is 17.4 Å². The molecule has 1 aromatic rings. The molecule has 2 saturated carbocycles. The van der Waals surface area contributed by atoms with Crippen molar-refractivity contribution in [1.82, 2.24) is 4.90 Å². The smallest absolute Gasteiger partial charge is 0.382 e. The highest BCUT2D eigenvalue weighted by Crippen LogP contribution is 2.42. The van der Waals surface area contributed by atoms with E-state index in [9.17, 15) is 13.2 Å². The van der Waals surface area contributed by atoms with E-state index in [1.165, 1.54) is 57.6 Å². The first-order chi connectivity index (χ1) is 13.9. The van der Waals surface area contributed by atoms with E-state index < -0.39 is 11.4 Å². The molecule has 2 nitrogen and oxygen atoms in total. The first kappa shape index (κ1) is 22.8. The van der Waals surface area contributed by atoms with Gasteiger partial charge in [0, 0.05) is 24.3 Å². The van der Waals surface area contributed by atoms with Crippen LogP contribution in [-0.4, -0.2) is 43.0 Å². The summed E-state index contributed by atoms with van der Waals surface area (Å²) in [6.45, 7) is 1.11. The Kier molecular flexibility index (Phi) is 8.20. The lowest BCUT2D eigenvalue weighted by atomic mass is 9.83. The quantitative estimate of drug-likeness (QED) is 0.509. The Labute approximate surface area is 178 Å². The molecule has 2 aliphatic rings. The molecule has 0 aromatic heterocycles. The molecule has 0 radical (unpaired) electrons. The molecule has 6 heteroatoms. The SMILES string of the molecule is CSC(c1ccc(NC2CCCCC2CN(C)C2CCCCC2)cc1)C(F)(F)F. The minimum absolute atomic E-state index is 0.327. The summed E-state index contributed by atoms with van der Waals surface area (Å²) in [4.78, 5) is 2.57. The zero-order valence-corrected chi connectivity index (χ0v) is 18.5. The van der Waals surface area contributed by atoms with Gasteiger partial charge in [-0.25, -0.2) is 0 Å². The van der Waals surface area contributed by atoms with Crippen molar-refractivity contribution in [2.24, 2.45) is 5.92 Å². The number of nitrogens with zero attached hydrogens (tertiary/aromatic N) is 1. The molecule has 29 heavy (non-hydrogen) atoms. The second-order valence-electron chi connectivity index (χ2n) is 8.81. The van der Waals surface area contributed by atoms with Gasteiger partial charge in [-0.2, -0.15) is 13.2 Å². The van der Waals surface area contributed by atoms with Crippen LogP contribution < -0.4 is 5.32 Å². The Morgan fingerprint density at radius 2 is 1.62 bits per heavy atom. The second kappa shape index (κ2) is 10.4. The largest absolute Gasteiger partial charge is 0.404 e. The summed E-state index contributed by atoms with van der Waals surface area (Å²) in [5.41, 5.74) is 1.26. The van der Waals surface area contributed by atoms with Gasteiger partial charge in [-0.05, 0) is 62.6 Å². The van der Waals surface area contributed by atoms with Crippen LogP contribution in [0.5, 0.6) is 0 Å². The fourth-order valence-corrected chi connectivity index (χ4v) is 5.78. The fraction of sp³-hybridized carbons (Fsp3) is 0.739. The van der Waals surface area contributed by atoms with Crippen LogP contribution >= 0.6 is 11.8 Å². The van der Waals surface area contributed by atoms with E-state index in [0.717, 1.165) is 36.5 Å². The van der Waals surface area contributed by atoms with Crippen molar-refractivity contribution in [1.29, 1.82) is 0 Å². The summed E-state index contributed by atoms with van der Waals surface area (Å²) in [6.07, 6.45) is 8.88. The van der Waals surface area contributed by atoms with E-state index >= 15 is 0 Å². The maximum absolute atomic E-state index is 13.2. The highest BCUT2D eigenvalue weighted by Gasteiger charge is 2.40. The second-order valence-corrected chi connectivity index (χ2v) is 9.75. The van der Waals surface area contributed by atoms with Crippen molar-refractivity contribution < 1.29 is 13.2 Å². The molecule has 164 valence electrons. The number of alkyl halides is 3. The third-order valence-corrected chi connectivity index (χ3v) is 7.74. The van der Waals surface area contributed by atoms with Crippen LogP contribution in [0, 0.1) is 5.92 Å². The van der Waals surface area contributed by atoms with Crippen LogP contribution in [-0.2, 0) is 0 Å². The van der Waals surface area contributed by atoms with Gasteiger partial charge in [-0.3, -0.25) is 0 Å². The number of rotatable bonds is 7. The van der Waals surface area contributed by atoms with Crippen LogP contribution in [0.1, 0.15) is 68.6 Å². The predicted octanol–water partition coefficient (Wildman–Crippen LogP) is 6.89. The van der Waals surface area contributed by atoms with Crippen molar-refractivity contribution in [2.75, 3.05) is 25.2 Å². The van der Waals surface area contributed by atoms with Gasteiger partial charge in [0.2, 0.25) is 0 Å². The summed E-state index contributed by atoms with van der Waals surface area (Å²) in [5.74, 6) is 0.601. The number of hydrogen-bond donors (Lipinski definition) is 1. The number of nitrogens with one attached hydrogen (secondary N) is 1. The molecule has 0 bridgehead atoms. The number of benzene rings is 1. The minimum atomic E-state index is -4.22. The Morgan fingerprint density at radius 3 is 2.24 bits per heavy atom. The average Bonchev–Trinajstić information content (AvgIpc) is 2.71. The average molecular weight is 429 g/mol. The monoisotopic (exact) mass is 428 g/mol. The zero-order valence-electron chi connectivity index (χ0n) is 17.7. The highest BCUT2D eigenvalue weighted by atomic mass is 32.2. The molecule has 2 fully saturated rings. The lowest BCUT2D eigenvalue weighted by molar-refractivity contribution is -0.129. The first-order valence-corrected chi connectivity index (χ1v) is 12.3. The van der Waals surface area contributed by atoms with E-state index in [4.69, 9.17) is 0 Å². The maximum Gasteiger partial charge on any atom is 0.404 e. The van der Waals surface area contributed by atoms with Crippen LogP contribution in [0.4, 0.5) is 18.9 Å². The summed E-state index contributed by atoms with van der Waals surface area (Å²) in [6, 6.07) is 8.02. The zero-order chi connectivity index (χ0) is 20.9. The molecule has 1 N–H and O–H groups in total. The van der Waals surface area contributed by atoms with E-state index in [2.05, 4.69) is 17.3 Å². The number of halogens is 3. The molecule has 0 spiro atoms. The van der Waals surface area contributed by atoms with E-state index in [1.807, 2.05) is 12.1 Å².